The zero-order valence-electron chi connectivity index (χ0n) is 11.2. The van der Waals surface area contributed by atoms with Gasteiger partial charge in [0.05, 0.1) is 7.11 Å². The fraction of sp³-hybridized carbons (Fsp3) is 0.385. The predicted octanol–water partition coefficient (Wildman–Crippen LogP) is 0.904. The maximum Gasteiger partial charge on any atom is 0.188 e. The van der Waals surface area contributed by atoms with Gasteiger partial charge in [0.15, 0.2) is 5.82 Å². The van der Waals surface area contributed by atoms with Crippen LogP contribution in [0.25, 0.3) is 0 Å². The molecule has 0 spiro atoms. The summed E-state index contributed by atoms with van der Waals surface area (Å²) in [6.07, 6.45) is 0.714. The first kappa shape index (κ1) is 13.4. The average molecular weight is 262 g/mol. The molecule has 19 heavy (non-hydrogen) atoms. The summed E-state index contributed by atoms with van der Waals surface area (Å²) in [5.41, 5.74) is 5.51. The van der Waals surface area contributed by atoms with Gasteiger partial charge in [-0.05, 0) is 30.8 Å². The first-order chi connectivity index (χ1) is 9.22. The molecular weight excluding hydrogens is 244 g/mol. The monoisotopic (exact) mass is 262 g/mol. The van der Waals surface area contributed by atoms with Gasteiger partial charge in [0, 0.05) is 13.5 Å². The molecule has 2 aromatic rings. The van der Waals surface area contributed by atoms with E-state index in [1.807, 2.05) is 31.3 Å². The van der Waals surface area contributed by atoms with Crippen LogP contribution in [0.3, 0.4) is 0 Å². The maximum atomic E-state index is 5.61. The van der Waals surface area contributed by atoms with Crippen molar-refractivity contribution in [2.24, 2.45) is 12.8 Å². The number of aromatic nitrogens is 3. The van der Waals surface area contributed by atoms with Gasteiger partial charge in [-0.1, -0.05) is 0 Å². The Labute approximate surface area is 112 Å². The van der Waals surface area contributed by atoms with Gasteiger partial charge >= 0.3 is 0 Å². The molecule has 1 aromatic heterocycles. The molecule has 0 aliphatic heterocycles. The number of methoxy groups -OCH3 is 1. The van der Waals surface area contributed by atoms with E-state index in [9.17, 15) is 0 Å². The van der Waals surface area contributed by atoms with E-state index in [0.29, 0.717) is 25.4 Å². The highest BCUT2D eigenvalue weighted by Crippen LogP contribution is 2.17. The van der Waals surface area contributed by atoms with Gasteiger partial charge < -0.3 is 15.2 Å². The molecule has 0 unspecified atom stereocenters. The molecule has 0 saturated carbocycles. The van der Waals surface area contributed by atoms with E-state index in [0.717, 1.165) is 17.3 Å². The van der Waals surface area contributed by atoms with Gasteiger partial charge in [-0.15, -0.1) is 0 Å². The topological polar surface area (TPSA) is 75.2 Å². The number of nitrogens with two attached hydrogens (primary N) is 1. The lowest BCUT2D eigenvalue weighted by molar-refractivity contribution is 0.295. The molecule has 2 rings (SSSR count). The van der Waals surface area contributed by atoms with Gasteiger partial charge in [-0.3, -0.25) is 4.68 Å². The molecule has 6 nitrogen and oxygen atoms in total. The maximum absolute atomic E-state index is 5.61. The van der Waals surface area contributed by atoms with E-state index in [2.05, 4.69) is 10.1 Å². The summed E-state index contributed by atoms with van der Waals surface area (Å²) in [5, 5.41) is 4.28. The van der Waals surface area contributed by atoms with Crippen molar-refractivity contribution in [3.63, 3.8) is 0 Å². The van der Waals surface area contributed by atoms with E-state index in [4.69, 9.17) is 15.2 Å². The van der Waals surface area contributed by atoms with Crippen LogP contribution >= 0.6 is 0 Å². The van der Waals surface area contributed by atoms with Crippen LogP contribution in [0.5, 0.6) is 11.5 Å². The average Bonchev–Trinajstić information content (AvgIpc) is 2.78. The molecular formula is C13H18N4O2. The molecule has 1 heterocycles. The summed E-state index contributed by atoms with van der Waals surface area (Å²) < 4.78 is 12.4. The van der Waals surface area contributed by atoms with Crippen LogP contribution in [-0.4, -0.2) is 28.4 Å². The normalized spacial score (nSPS) is 10.5. The second kappa shape index (κ2) is 6.19. The Bertz CT molecular complexity index is 522. The largest absolute Gasteiger partial charge is 0.497 e. The molecule has 0 atom stereocenters. The molecule has 0 fully saturated rings. The lowest BCUT2D eigenvalue weighted by Crippen LogP contribution is -2.08. The lowest BCUT2D eigenvalue weighted by atomic mass is 10.3. The van der Waals surface area contributed by atoms with Crippen molar-refractivity contribution < 1.29 is 9.47 Å². The minimum atomic E-state index is 0.338. The predicted molar refractivity (Wildman–Crippen MR) is 71.1 cm³/mol. The van der Waals surface area contributed by atoms with Gasteiger partial charge in [0.2, 0.25) is 0 Å². The summed E-state index contributed by atoms with van der Waals surface area (Å²) in [7, 11) is 3.49. The Morgan fingerprint density at radius 1 is 1.21 bits per heavy atom. The highest BCUT2D eigenvalue weighted by molar-refractivity contribution is 5.31. The number of nitrogens with zero attached hydrogens (tertiary/aromatic N) is 3. The Morgan fingerprint density at radius 3 is 2.53 bits per heavy atom. The van der Waals surface area contributed by atoms with Crippen molar-refractivity contribution in [3.8, 4) is 11.5 Å². The van der Waals surface area contributed by atoms with E-state index in [1.54, 1.807) is 11.8 Å². The van der Waals surface area contributed by atoms with Gasteiger partial charge in [0.1, 0.15) is 23.9 Å². The minimum Gasteiger partial charge on any atom is -0.497 e. The number of rotatable bonds is 6. The summed E-state index contributed by atoms with van der Waals surface area (Å²) in [4.78, 5) is 4.37. The third-order valence-electron chi connectivity index (χ3n) is 2.69. The van der Waals surface area contributed by atoms with E-state index < -0.39 is 0 Å². The highest BCUT2D eigenvalue weighted by atomic mass is 16.5. The zero-order valence-corrected chi connectivity index (χ0v) is 11.2. The van der Waals surface area contributed by atoms with Gasteiger partial charge in [-0.2, -0.15) is 5.10 Å². The molecule has 0 bridgehead atoms. The second-order valence-electron chi connectivity index (χ2n) is 4.07. The fourth-order valence-corrected chi connectivity index (χ4v) is 1.70. The summed E-state index contributed by atoms with van der Waals surface area (Å²) in [6, 6.07) is 7.40. The molecule has 0 aliphatic carbocycles. The number of benzene rings is 1. The van der Waals surface area contributed by atoms with Gasteiger partial charge in [0.25, 0.3) is 0 Å². The molecule has 0 aliphatic rings. The molecule has 0 saturated heterocycles. The number of hydrogen-bond acceptors (Lipinski definition) is 5. The summed E-state index contributed by atoms with van der Waals surface area (Å²) in [6.45, 7) is 0.899. The van der Waals surface area contributed by atoms with Crippen molar-refractivity contribution in [1.29, 1.82) is 0 Å². The lowest BCUT2D eigenvalue weighted by Gasteiger charge is -2.04. The first-order valence-corrected chi connectivity index (χ1v) is 6.08. The van der Waals surface area contributed by atoms with Crippen LogP contribution < -0.4 is 15.2 Å². The summed E-state index contributed by atoms with van der Waals surface area (Å²) >= 11 is 0. The third-order valence-corrected chi connectivity index (χ3v) is 2.69. The molecule has 1 aromatic carbocycles. The Hall–Kier alpha value is -2.08. The van der Waals surface area contributed by atoms with Crippen molar-refractivity contribution in [3.05, 3.63) is 35.9 Å². The SMILES string of the molecule is COc1ccc(OCc2nc(CCN)n(C)n2)cc1. The van der Waals surface area contributed by atoms with Crippen LogP contribution in [0.15, 0.2) is 24.3 Å². The van der Waals surface area contributed by atoms with E-state index >= 15 is 0 Å². The standard InChI is InChI=1S/C13H18N4O2/c1-17-13(7-8-14)15-12(16-17)9-19-11-5-3-10(18-2)4-6-11/h3-6H,7-9,14H2,1-2H3. The molecule has 0 amide bonds. The van der Waals surface area contributed by atoms with Crippen LogP contribution in [0.2, 0.25) is 0 Å². The van der Waals surface area contributed by atoms with Crippen molar-refractivity contribution in [2.45, 2.75) is 13.0 Å². The quantitative estimate of drug-likeness (QED) is 0.837. The molecule has 2 N–H and O–H groups in total. The van der Waals surface area contributed by atoms with Crippen LogP contribution in [-0.2, 0) is 20.1 Å². The third kappa shape index (κ3) is 3.45. The number of hydrogen-bond donors (Lipinski definition) is 1. The zero-order chi connectivity index (χ0) is 13.7. The summed E-state index contributed by atoms with van der Waals surface area (Å²) in [5.74, 6) is 3.08. The van der Waals surface area contributed by atoms with Crippen molar-refractivity contribution in [1.82, 2.24) is 14.8 Å². The highest BCUT2D eigenvalue weighted by Gasteiger charge is 2.07. The Kier molecular flexibility index (Phi) is 4.35. The second-order valence-corrected chi connectivity index (χ2v) is 4.07. The molecule has 102 valence electrons. The fourth-order valence-electron chi connectivity index (χ4n) is 1.70. The first-order valence-electron chi connectivity index (χ1n) is 6.08. The molecule has 0 radical (unpaired) electrons. The van der Waals surface area contributed by atoms with Crippen LogP contribution in [0, 0.1) is 0 Å². The molecule has 6 heteroatoms. The number of ether oxygens (including phenoxy) is 2. The van der Waals surface area contributed by atoms with Crippen LogP contribution in [0.1, 0.15) is 11.6 Å². The van der Waals surface area contributed by atoms with Crippen molar-refractivity contribution in [2.75, 3.05) is 13.7 Å². The van der Waals surface area contributed by atoms with E-state index in [1.165, 1.54) is 0 Å². The number of aryl methyl sites for hydroxylation is 1. The Balaban J connectivity index is 1.95. The Morgan fingerprint density at radius 2 is 1.89 bits per heavy atom. The van der Waals surface area contributed by atoms with E-state index in [-0.39, 0.29) is 0 Å². The van der Waals surface area contributed by atoms with Crippen molar-refractivity contribution >= 4 is 0 Å². The minimum absolute atomic E-state index is 0.338. The van der Waals surface area contributed by atoms with Crippen LogP contribution in [0.4, 0.5) is 0 Å². The smallest absolute Gasteiger partial charge is 0.188 e. The van der Waals surface area contributed by atoms with Gasteiger partial charge in [-0.25, -0.2) is 4.98 Å².